The average molecular weight is 270 g/mol. The normalized spacial score (nSPS) is 11.1. The van der Waals surface area contributed by atoms with Crippen LogP contribution in [0.3, 0.4) is 0 Å². The van der Waals surface area contributed by atoms with E-state index >= 15 is 0 Å². The molecule has 0 aromatic carbocycles. The lowest BCUT2D eigenvalue weighted by Gasteiger charge is -2.30. The van der Waals surface area contributed by atoms with E-state index in [-0.39, 0.29) is 11.2 Å². The number of hydrogen-bond acceptors (Lipinski definition) is 4. The highest BCUT2D eigenvalue weighted by atomic mass is 35.5. The van der Waals surface area contributed by atoms with Gasteiger partial charge in [-0.3, -0.25) is 4.79 Å². The van der Waals surface area contributed by atoms with Gasteiger partial charge >= 0.3 is 0 Å². The molecule has 5 heteroatoms. The van der Waals surface area contributed by atoms with Crippen LogP contribution in [0.2, 0.25) is 5.15 Å². The van der Waals surface area contributed by atoms with Crippen molar-refractivity contribution in [1.82, 2.24) is 9.97 Å². The van der Waals surface area contributed by atoms with Gasteiger partial charge in [-0.15, -0.1) is 0 Å². The summed E-state index contributed by atoms with van der Waals surface area (Å²) in [5.41, 5.74) is 0.372. The molecule has 0 aliphatic rings. The van der Waals surface area contributed by atoms with Gasteiger partial charge in [0.05, 0.1) is 5.56 Å². The van der Waals surface area contributed by atoms with Crippen molar-refractivity contribution in [2.45, 2.75) is 40.7 Å². The van der Waals surface area contributed by atoms with Gasteiger partial charge in [-0.1, -0.05) is 25.4 Å². The number of carbonyl (C=O) groups excluding carboxylic acids is 1. The quantitative estimate of drug-likeness (QED) is 0.609. The van der Waals surface area contributed by atoms with Crippen molar-refractivity contribution in [3.8, 4) is 0 Å². The molecule has 0 fully saturated rings. The largest absolute Gasteiger partial charge is 0.353 e. The van der Waals surface area contributed by atoms with Crippen LogP contribution in [0.5, 0.6) is 0 Å². The Hall–Kier alpha value is -1.16. The molecular formula is C13H20ClN3O. The van der Waals surface area contributed by atoms with Gasteiger partial charge in [0, 0.05) is 12.6 Å². The number of aromatic nitrogens is 2. The Balaban J connectivity index is 3.30. The Morgan fingerprint density at radius 2 is 1.89 bits per heavy atom. The first-order valence-electron chi connectivity index (χ1n) is 6.12. The first-order valence-corrected chi connectivity index (χ1v) is 6.50. The smallest absolute Gasteiger partial charge is 0.156 e. The zero-order valence-corrected chi connectivity index (χ0v) is 12.3. The molecule has 0 bridgehead atoms. The van der Waals surface area contributed by atoms with Crippen molar-refractivity contribution in [2.24, 2.45) is 5.92 Å². The number of hydrogen-bond donors (Lipinski definition) is 0. The maximum absolute atomic E-state index is 11.2. The van der Waals surface area contributed by atoms with E-state index in [0.29, 0.717) is 23.1 Å². The van der Waals surface area contributed by atoms with Crippen LogP contribution in [0.1, 0.15) is 43.9 Å². The van der Waals surface area contributed by atoms with Crippen LogP contribution in [-0.2, 0) is 0 Å². The third-order valence-corrected chi connectivity index (χ3v) is 2.85. The molecule has 100 valence electrons. The van der Waals surface area contributed by atoms with E-state index in [9.17, 15) is 4.79 Å². The molecule has 0 saturated carbocycles. The van der Waals surface area contributed by atoms with Crippen molar-refractivity contribution in [2.75, 3.05) is 11.4 Å². The Morgan fingerprint density at radius 3 is 2.33 bits per heavy atom. The molecular weight excluding hydrogens is 250 g/mol. The van der Waals surface area contributed by atoms with E-state index in [2.05, 4.69) is 42.6 Å². The minimum atomic E-state index is 0.224. The lowest BCUT2D eigenvalue weighted by atomic mass is 10.1. The van der Waals surface area contributed by atoms with Crippen LogP contribution in [-0.4, -0.2) is 28.8 Å². The van der Waals surface area contributed by atoms with E-state index in [0.717, 1.165) is 12.8 Å². The van der Waals surface area contributed by atoms with Gasteiger partial charge in [0.15, 0.2) is 6.29 Å². The van der Waals surface area contributed by atoms with Crippen molar-refractivity contribution in [1.29, 1.82) is 0 Å². The van der Waals surface area contributed by atoms with Gasteiger partial charge in [0.1, 0.15) is 16.8 Å². The number of nitrogens with zero attached hydrogens (tertiary/aromatic N) is 3. The van der Waals surface area contributed by atoms with Gasteiger partial charge in [-0.25, -0.2) is 9.97 Å². The van der Waals surface area contributed by atoms with Crippen molar-refractivity contribution < 1.29 is 4.79 Å². The van der Waals surface area contributed by atoms with Crippen LogP contribution < -0.4 is 4.90 Å². The monoisotopic (exact) mass is 269 g/mol. The molecule has 4 nitrogen and oxygen atoms in total. The van der Waals surface area contributed by atoms with Gasteiger partial charge in [-0.2, -0.15) is 0 Å². The van der Waals surface area contributed by atoms with Crippen molar-refractivity contribution in [3.05, 3.63) is 16.5 Å². The predicted octanol–water partition coefficient (Wildman–Crippen LogP) is 3.12. The molecule has 0 radical (unpaired) electrons. The van der Waals surface area contributed by atoms with Crippen molar-refractivity contribution in [3.63, 3.8) is 0 Å². The summed E-state index contributed by atoms with van der Waals surface area (Å²) in [5.74, 6) is 1.68. The average Bonchev–Trinajstić information content (AvgIpc) is 2.24. The van der Waals surface area contributed by atoms with E-state index in [1.54, 1.807) is 6.92 Å². The topological polar surface area (TPSA) is 46.1 Å². The van der Waals surface area contributed by atoms with Crippen LogP contribution >= 0.6 is 11.6 Å². The summed E-state index contributed by atoms with van der Waals surface area (Å²) < 4.78 is 0. The fraction of sp³-hybridized carbons (Fsp3) is 0.615. The van der Waals surface area contributed by atoms with Crippen LogP contribution in [0, 0.1) is 12.8 Å². The van der Waals surface area contributed by atoms with Crippen LogP contribution in [0.15, 0.2) is 0 Å². The first-order chi connectivity index (χ1) is 8.36. The number of halogens is 1. The molecule has 0 aliphatic carbocycles. The summed E-state index contributed by atoms with van der Waals surface area (Å²) >= 11 is 6.01. The fourth-order valence-electron chi connectivity index (χ4n) is 1.79. The minimum Gasteiger partial charge on any atom is -0.353 e. The first kappa shape index (κ1) is 14.9. The minimum absolute atomic E-state index is 0.224. The second-order valence-electron chi connectivity index (χ2n) is 5.06. The summed E-state index contributed by atoms with van der Waals surface area (Å²) in [5, 5.41) is 0.224. The highest BCUT2D eigenvalue weighted by molar-refractivity contribution is 6.32. The van der Waals surface area contributed by atoms with E-state index < -0.39 is 0 Å². The summed E-state index contributed by atoms with van der Waals surface area (Å²) in [4.78, 5) is 21.7. The van der Waals surface area contributed by atoms with Crippen LogP contribution in [0.25, 0.3) is 0 Å². The van der Waals surface area contributed by atoms with Gasteiger partial charge in [0.25, 0.3) is 0 Å². The van der Waals surface area contributed by atoms with Gasteiger partial charge in [-0.05, 0) is 26.7 Å². The summed E-state index contributed by atoms with van der Waals surface area (Å²) in [6, 6.07) is 0.247. The lowest BCUT2D eigenvalue weighted by molar-refractivity contribution is 0.112. The maximum atomic E-state index is 11.2. The summed E-state index contributed by atoms with van der Waals surface area (Å²) in [6.07, 6.45) is 0.729. The molecule has 1 heterocycles. The highest BCUT2D eigenvalue weighted by Crippen LogP contribution is 2.25. The standard InChI is InChI=1S/C13H20ClN3O/c1-8(2)6-17(9(3)4)13-11(7-18)12(14)15-10(5)16-13/h7-9H,6H2,1-5H3. The Morgan fingerprint density at radius 1 is 1.28 bits per heavy atom. The number of aldehydes is 1. The van der Waals surface area contributed by atoms with E-state index in [1.807, 2.05) is 0 Å². The number of rotatable bonds is 5. The Labute approximate surface area is 113 Å². The summed E-state index contributed by atoms with van der Waals surface area (Å²) in [6.45, 7) is 11.0. The molecule has 18 heavy (non-hydrogen) atoms. The molecule has 0 aliphatic heterocycles. The molecule has 0 spiro atoms. The van der Waals surface area contributed by atoms with Gasteiger partial charge < -0.3 is 4.90 Å². The molecule has 1 aromatic rings. The lowest BCUT2D eigenvalue weighted by Crippen LogP contribution is -2.36. The zero-order chi connectivity index (χ0) is 13.9. The van der Waals surface area contributed by atoms with Crippen molar-refractivity contribution >= 4 is 23.7 Å². The number of carbonyl (C=O) groups is 1. The van der Waals surface area contributed by atoms with E-state index in [4.69, 9.17) is 11.6 Å². The third kappa shape index (κ3) is 3.42. The SMILES string of the molecule is Cc1nc(Cl)c(C=O)c(N(CC(C)C)C(C)C)n1. The second-order valence-corrected chi connectivity index (χ2v) is 5.41. The molecule has 0 atom stereocenters. The number of aryl methyl sites for hydroxylation is 1. The second kappa shape index (κ2) is 6.14. The van der Waals surface area contributed by atoms with Gasteiger partial charge in [0.2, 0.25) is 0 Å². The highest BCUT2D eigenvalue weighted by Gasteiger charge is 2.20. The summed E-state index contributed by atoms with van der Waals surface area (Å²) in [7, 11) is 0. The predicted molar refractivity (Wildman–Crippen MR) is 74.5 cm³/mol. The fourth-order valence-corrected chi connectivity index (χ4v) is 2.04. The Kier molecular flexibility index (Phi) is 5.08. The number of anilines is 1. The third-order valence-electron chi connectivity index (χ3n) is 2.57. The zero-order valence-electron chi connectivity index (χ0n) is 11.6. The molecule has 0 amide bonds. The Bertz CT molecular complexity index is 432. The molecule has 0 N–H and O–H groups in total. The maximum Gasteiger partial charge on any atom is 0.156 e. The molecule has 0 saturated heterocycles. The molecule has 1 aromatic heterocycles. The molecule has 1 rings (SSSR count). The van der Waals surface area contributed by atoms with E-state index in [1.165, 1.54) is 0 Å². The molecule has 0 unspecified atom stereocenters. The van der Waals surface area contributed by atoms with Crippen LogP contribution in [0.4, 0.5) is 5.82 Å².